The first-order chi connectivity index (χ1) is 12.8. The highest BCUT2D eigenvalue weighted by molar-refractivity contribution is 14.1. The van der Waals surface area contributed by atoms with Gasteiger partial charge in [0.2, 0.25) is 0 Å². The molecule has 2 N–H and O–H groups in total. The quantitative estimate of drug-likeness (QED) is 0.339. The van der Waals surface area contributed by atoms with Crippen molar-refractivity contribution < 1.29 is 0 Å². The topological polar surface area (TPSA) is 66.5 Å². The van der Waals surface area contributed by atoms with Gasteiger partial charge in [-0.2, -0.15) is 16.4 Å². The second-order valence-electron chi connectivity index (χ2n) is 5.80. The molecule has 0 aliphatic rings. The van der Waals surface area contributed by atoms with Crippen molar-refractivity contribution in [1.82, 2.24) is 20.2 Å². The number of aromatic amines is 1. The molecule has 5 rings (SSSR count). The van der Waals surface area contributed by atoms with E-state index in [4.69, 9.17) is 4.98 Å². The number of hydrogen-bond acceptors (Lipinski definition) is 5. The molecule has 126 valence electrons. The highest BCUT2D eigenvalue weighted by Crippen LogP contribution is 2.37. The minimum atomic E-state index is 0.720. The summed E-state index contributed by atoms with van der Waals surface area (Å²) in [5.41, 5.74) is 2.90. The molecule has 0 atom stereocenters. The van der Waals surface area contributed by atoms with Crippen molar-refractivity contribution in [3.8, 4) is 11.4 Å². The van der Waals surface area contributed by atoms with Crippen LogP contribution in [0.25, 0.3) is 33.1 Å². The number of nitrogens with one attached hydrogen (secondary N) is 2. The van der Waals surface area contributed by atoms with Gasteiger partial charge in [-0.05, 0) is 46.2 Å². The monoisotopic (exact) mass is 469 g/mol. The van der Waals surface area contributed by atoms with Crippen LogP contribution in [0.2, 0.25) is 0 Å². The van der Waals surface area contributed by atoms with Gasteiger partial charge < -0.3 is 5.32 Å². The van der Waals surface area contributed by atoms with Gasteiger partial charge in [-0.1, -0.05) is 24.3 Å². The Bertz CT molecular complexity index is 1230. The molecule has 7 heteroatoms. The zero-order chi connectivity index (χ0) is 17.5. The lowest BCUT2D eigenvalue weighted by atomic mass is 10.1. The Hall–Kier alpha value is -2.52. The fraction of sp³-hybridized carbons (Fsp3) is 0. The lowest BCUT2D eigenvalue weighted by Gasteiger charge is -2.12. The summed E-state index contributed by atoms with van der Waals surface area (Å²) in [6.07, 6.45) is 1.52. The average molecular weight is 469 g/mol. The van der Waals surface area contributed by atoms with Gasteiger partial charge in [0.05, 0.1) is 11.2 Å². The number of benzene rings is 2. The van der Waals surface area contributed by atoms with Crippen LogP contribution in [0.4, 0.5) is 11.5 Å². The number of fused-ring (bicyclic) bond motifs is 3. The van der Waals surface area contributed by atoms with Crippen LogP contribution in [0.1, 0.15) is 0 Å². The van der Waals surface area contributed by atoms with Crippen molar-refractivity contribution in [2.24, 2.45) is 0 Å². The van der Waals surface area contributed by atoms with E-state index in [1.54, 1.807) is 11.3 Å². The van der Waals surface area contributed by atoms with Gasteiger partial charge in [-0.3, -0.25) is 5.10 Å². The number of thiophene rings is 1. The molecule has 5 nitrogen and oxygen atoms in total. The second kappa shape index (κ2) is 6.33. The number of H-pyrrole nitrogens is 1. The van der Waals surface area contributed by atoms with Crippen LogP contribution >= 0.6 is 33.9 Å². The van der Waals surface area contributed by atoms with Crippen LogP contribution in [-0.4, -0.2) is 20.2 Å². The molecule has 3 heterocycles. The van der Waals surface area contributed by atoms with Crippen LogP contribution in [-0.2, 0) is 0 Å². The van der Waals surface area contributed by atoms with Crippen LogP contribution in [0.15, 0.2) is 59.6 Å². The molecule has 0 aliphatic carbocycles. The molecular weight excluding hydrogens is 457 g/mol. The highest BCUT2D eigenvalue weighted by atomic mass is 127. The molecule has 0 aliphatic heterocycles. The molecule has 0 fully saturated rings. The van der Waals surface area contributed by atoms with Crippen LogP contribution in [0.5, 0.6) is 0 Å². The van der Waals surface area contributed by atoms with E-state index in [2.05, 4.69) is 72.0 Å². The molecule has 0 unspecified atom stereocenters. The first-order valence-corrected chi connectivity index (χ1v) is 9.99. The molecular formula is C19H12IN5S. The fourth-order valence-corrected chi connectivity index (χ4v) is 4.41. The Balaban J connectivity index is 1.79. The number of rotatable bonds is 3. The fourth-order valence-electron chi connectivity index (χ4n) is 3.05. The third-order valence-electron chi connectivity index (χ3n) is 4.26. The minimum Gasteiger partial charge on any atom is -0.339 e. The lowest BCUT2D eigenvalue weighted by Crippen LogP contribution is -1.98. The summed E-state index contributed by atoms with van der Waals surface area (Å²) in [4.78, 5) is 9.28. The summed E-state index contributed by atoms with van der Waals surface area (Å²) >= 11 is 4.01. The average Bonchev–Trinajstić information content (AvgIpc) is 3.35. The third-order valence-corrected chi connectivity index (χ3v) is 5.95. The van der Waals surface area contributed by atoms with Gasteiger partial charge in [0.25, 0.3) is 0 Å². The normalized spacial score (nSPS) is 11.3. The van der Waals surface area contributed by atoms with Gasteiger partial charge in [0, 0.05) is 30.7 Å². The maximum Gasteiger partial charge on any atom is 0.157 e. The number of pyridine rings is 1. The van der Waals surface area contributed by atoms with E-state index in [-0.39, 0.29) is 0 Å². The summed E-state index contributed by atoms with van der Waals surface area (Å²) in [7, 11) is 0. The summed E-state index contributed by atoms with van der Waals surface area (Å²) < 4.78 is 1.15. The van der Waals surface area contributed by atoms with Crippen molar-refractivity contribution in [2.45, 2.75) is 0 Å². The van der Waals surface area contributed by atoms with Crippen LogP contribution < -0.4 is 5.32 Å². The van der Waals surface area contributed by atoms with E-state index in [9.17, 15) is 0 Å². The van der Waals surface area contributed by atoms with E-state index >= 15 is 0 Å². The van der Waals surface area contributed by atoms with E-state index in [1.165, 1.54) is 11.7 Å². The number of anilines is 2. The lowest BCUT2D eigenvalue weighted by molar-refractivity contribution is 1.10. The summed E-state index contributed by atoms with van der Waals surface area (Å²) in [6, 6.07) is 14.4. The van der Waals surface area contributed by atoms with E-state index < -0.39 is 0 Å². The number of aromatic nitrogens is 4. The molecule has 5 aromatic rings. The SMILES string of the molecule is Ic1ccccc1Nc1nc2c(-c3ncn[nH]3)cccc2c2cscc12. The van der Waals surface area contributed by atoms with E-state index in [0.29, 0.717) is 0 Å². The zero-order valence-electron chi connectivity index (χ0n) is 13.4. The van der Waals surface area contributed by atoms with E-state index in [1.807, 2.05) is 24.3 Å². The Kier molecular flexibility index (Phi) is 3.83. The van der Waals surface area contributed by atoms with E-state index in [0.717, 1.165) is 42.8 Å². The Morgan fingerprint density at radius 1 is 0.962 bits per heavy atom. The summed E-state index contributed by atoms with van der Waals surface area (Å²) in [6.45, 7) is 0. The highest BCUT2D eigenvalue weighted by Gasteiger charge is 2.15. The largest absolute Gasteiger partial charge is 0.339 e. The van der Waals surface area contributed by atoms with Gasteiger partial charge >= 0.3 is 0 Å². The number of hydrogen-bond donors (Lipinski definition) is 2. The number of para-hydroxylation sites is 2. The standard InChI is InChI=1S/C19H12IN5S/c20-15-6-1-2-7-16(15)23-19-14-9-26-8-13(14)11-4-3-5-12(17(11)24-19)18-21-10-22-25-18/h1-10H,(H,23,24)(H,21,22,25). The van der Waals surface area contributed by atoms with Crippen molar-refractivity contribution in [1.29, 1.82) is 0 Å². The molecule has 0 amide bonds. The molecule has 0 saturated carbocycles. The predicted molar refractivity (Wildman–Crippen MR) is 115 cm³/mol. The van der Waals surface area contributed by atoms with Crippen LogP contribution in [0, 0.1) is 3.57 Å². The molecule has 3 aromatic heterocycles. The van der Waals surface area contributed by atoms with Crippen molar-refractivity contribution >= 4 is 67.1 Å². The number of halogens is 1. The number of nitrogens with zero attached hydrogens (tertiary/aromatic N) is 3. The first-order valence-electron chi connectivity index (χ1n) is 7.97. The maximum atomic E-state index is 4.97. The van der Waals surface area contributed by atoms with Crippen molar-refractivity contribution in [2.75, 3.05) is 5.32 Å². The van der Waals surface area contributed by atoms with Crippen molar-refractivity contribution in [3.05, 3.63) is 63.1 Å². The summed E-state index contributed by atoms with van der Waals surface area (Å²) in [5, 5.41) is 18.2. The smallest absolute Gasteiger partial charge is 0.157 e. The third kappa shape index (κ3) is 2.55. The first kappa shape index (κ1) is 15.7. The van der Waals surface area contributed by atoms with Crippen LogP contribution in [0.3, 0.4) is 0 Å². The molecule has 0 saturated heterocycles. The molecule has 0 bridgehead atoms. The maximum absolute atomic E-state index is 4.97. The second-order valence-corrected chi connectivity index (χ2v) is 7.71. The molecule has 2 aromatic carbocycles. The van der Waals surface area contributed by atoms with Gasteiger partial charge in [0.1, 0.15) is 12.1 Å². The van der Waals surface area contributed by atoms with Gasteiger partial charge in [-0.25, -0.2) is 9.97 Å². The van der Waals surface area contributed by atoms with Gasteiger partial charge in [-0.15, -0.1) is 0 Å². The predicted octanol–water partition coefficient (Wildman–Crippen LogP) is 5.58. The van der Waals surface area contributed by atoms with Gasteiger partial charge in [0.15, 0.2) is 5.82 Å². The Morgan fingerprint density at radius 2 is 1.85 bits per heavy atom. The minimum absolute atomic E-state index is 0.720. The summed E-state index contributed by atoms with van der Waals surface area (Å²) in [5.74, 6) is 1.57. The Morgan fingerprint density at radius 3 is 2.69 bits per heavy atom. The molecule has 26 heavy (non-hydrogen) atoms. The van der Waals surface area contributed by atoms with Crippen molar-refractivity contribution in [3.63, 3.8) is 0 Å². The molecule has 0 spiro atoms. The molecule has 0 radical (unpaired) electrons. The zero-order valence-corrected chi connectivity index (χ0v) is 16.4. The Labute approximate surface area is 166 Å².